The van der Waals surface area contributed by atoms with Gasteiger partial charge in [0.2, 0.25) is 0 Å². The van der Waals surface area contributed by atoms with E-state index in [4.69, 9.17) is 5.11 Å². The molecule has 0 aliphatic carbocycles. The van der Waals surface area contributed by atoms with E-state index in [-0.39, 0.29) is 12.5 Å². The lowest BCUT2D eigenvalue weighted by Gasteiger charge is -2.15. The number of aryl methyl sites for hydroxylation is 1. The third-order valence-electron chi connectivity index (χ3n) is 1.93. The third-order valence-corrected chi connectivity index (χ3v) is 1.93. The van der Waals surface area contributed by atoms with Gasteiger partial charge in [-0.05, 0) is 19.1 Å². The predicted molar refractivity (Wildman–Crippen MR) is 53.0 cm³/mol. The molecule has 1 N–H and O–H groups in total. The highest BCUT2D eigenvalue weighted by molar-refractivity contribution is 5.94. The summed E-state index contributed by atoms with van der Waals surface area (Å²) >= 11 is 0. The quantitative estimate of drug-likeness (QED) is 0.760. The smallest absolute Gasteiger partial charge is 0.253 e. The fourth-order valence-corrected chi connectivity index (χ4v) is 1.15. The standard InChI is InChI=1S/C10H14N2O2/c1-8-7-9(3-4-11-8)10(14)12(2)5-6-13/h3-4,7,13H,5-6H2,1-2H3. The highest BCUT2D eigenvalue weighted by Crippen LogP contribution is 2.03. The van der Waals surface area contributed by atoms with Crippen molar-refractivity contribution in [3.63, 3.8) is 0 Å². The van der Waals surface area contributed by atoms with Crippen molar-refractivity contribution < 1.29 is 9.90 Å². The second kappa shape index (κ2) is 4.72. The Balaban J connectivity index is 2.78. The minimum atomic E-state index is -0.0930. The first-order valence-electron chi connectivity index (χ1n) is 4.44. The number of carbonyl (C=O) groups excluding carboxylic acids is 1. The number of aliphatic hydroxyl groups is 1. The van der Waals surface area contributed by atoms with Gasteiger partial charge in [-0.1, -0.05) is 0 Å². The van der Waals surface area contributed by atoms with Crippen molar-refractivity contribution >= 4 is 5.91 Å². The molecule has 1 amide bonds. The normalized spacial score (nSPS) is 9.93. The number of hydrogen-bond donors (Lipinski definition) is 1. The third kappa shape index (κ3) is 2.53. The molecule has 0 spiro atoms. The van der Waals surface area contributed by atoms with Crippen molar-refractivity contribution in [2.75, 3.05) is 20.2 Å². The van der Waals surface area contributed by atoms with Gasteiger partial charge in [-0.2, -0.15) is 0 Å². The van der Waals surface area contributed by atoms with E-state index in [2.05, 4.69) is 4.98 Å². The van der Waals surface area contributed by atoms with Gasteiger partial charge in [0.05, 0.1) is 6.61 Å². The minimum Gasteiger partial charge on any atom is -0.395 e. The lowest BCUT2D eigenvalue weighted by atomic mass is 10.2. The van der Waals surface area contributed by atoms with E-state index in [1.165, 1.54) is 4.90 Å². The second-order valence-electron chi connectivity index (χ2n) is 3.14. The van der Waals surface area contributed by atoms with Crippen molar-refractivity contribution in [3.05, 3.63) is 29.6 Å². The van der Waals surface area contributed by atoms with Crippen LogP contribution in [0.4, 0.5) is 0 Å². The molecule has 0 saturated carbocycles. The summed E-state index contributed by atoms with van der Waals surface area (Å²) in [6, 6.07) is 3.40. The van der Waals surface area contributed by atoms with Crippen LogP contribution in [-0.2, 0) is 0 Å². The molecule has 1 aromatic heterocycles. The predicted octanol–water partition coefficient (Wildman–Crippen LogP) is 0.454. The highest BCUT2D eigenvalue weighted by Gasteiger charge is 2.10. The molecule has 0 atom stereocenters. The first kappa shape index (κ1) is 10.7. The van der Waals surface area contributed by atoms with Crippen molar-refractivity contribution in [1.82, 2.24) is 9.88 Å². The van der Waals surface area contributed by atoms with E-state index >= 15 is 0 Å². The molecule has 0 bridgehead atoms. The molecule has 0 radical (unpaired) electrons. The maximum Gasteiger partial charge on any atom is 0.253 e. The van der Waals surface area contributed by atoms with Crippen molar-refractivity contribution in [1.29, 1.82) is 0 Å². The Bertz CT molecular complexity index is 326. The number of aliphatic hydroxyl groups excluding tert-OH is 1. The van der Waals surface area contributed by atoms with Crippen LogP contribution in [0.25, 0.3) is 0 Å². The van der Waals surface area contributed by atoms with Gasteiger partial charge in [0.25, 0.3) is 5.91 Å². The van der Waals surface area contributed by atoms with E-state index in [0.717, 1.165) is 5.69 Å². The largest absolute Gasteiger partial charge is 0.395 e. The summed E-state index contributed by atoms with van der Waals surface area (Å²) < 4.78 is 0. The van der Waals surface area contributed by atoms with E-state index in [0.29, 0.717) is 12.1 Å². The molecule has 1 aromatic rings. The van der Waals surface area contributed by atoms with E-state index in [1.54, 1.807) is 25.4 Å². The fraction of sp³-hybridized carbons (Fsp3) is 0.400. The summed E-state index contributed by atoms with van der Waals surface area (Å²) in [5.41, 5.74) is 1.42. The molecule has 0 unspecified atom stereocenters. The Morgan fingerprint density at radius 2 is 2.36 bits per heavy atom. The average molecular weight is 194 g/mol. The average Bonchev–Trinajstić information content (AvgIpc) is 2.17. The molecule has 0 saturated heterocycles. The molecule has 1 rings (SSSR count). The number of nitrogens with zero attached hydrogens (tertiary/aromatic N) is 2. The molecular formula is C10H14N2O2. The Morgan fingerprint density at radius 1 is 1.64 bits per heavy atom. The van der Waals surface area contributed by atoms with Crippen LogP contribution in [0.15, 0.2) is 18.3 Å². The lowest BCUT2D eigenvalue weighted by Crippen LogP contribution is -2.29. The zero-order valence-electron chi connectivity index (χ0n) is 8.40. The van der Waals surface area contributed by atoms with Gasteiger partial charge in [-0.25, -0.2) is 0 Å². The minimum absolute atomic E-state index is 0.0215. The first-order valence-corrected chi connectivity index (χ1v) is 4.44. The van der Waals surface area contributed by atoms with Crippen LogP contribution in [0.5, 0.6) is 0 Å². The molecule has 76 valence electrons. The molecule has 0 aliphatic rings. The Morgan fingerprint density at radius 3 is 2.93 bits per heavy atom. The second-order valence-corrected chi connectivity index (χ2v) is 3.14. The van der Waals surface area contributed by atoms with Crippen molar-refractivity contribution in [2.24, 2.45) is 0 Å². The summed E-state index contributed by atoms with van der Waals surface area (Å²) in [6.07, 6.45) is 1.61. The van der Waals surface area contributed by atoms with Crippen LogP contribution in [-0.4, -0.2) is 41.1 Å². The van der Waals surface area contributed by atoms with Gasteiger partial charge < -0.3 is 10.0 Å². The monoisotopic (exact) mass is 194 g/mol. The zero-order chi connectivity index (χ0) is 10.6. The number of likely N-dealkylation sites (N-methyl/N-ethyl adjacent to an activating group) is 1. The first-order chi connectivity index (χ1) is 6.65. The summed E-state index contributed by atoms with van der Waals surface area (Å²) in [5.74, 6) is -0.0930. The van der Waals surface area contributed by atoms with E-state index in [1.807, 2.05) is 6.92 Å². The molecular weight excluding hydrogens is 180 g/mol. The molecule has 0 aliphatic heterocycles. The van der Waals surface area contributed by atoms with Gasteiger partial charge in [-0.3, -0.25) is 9.78 Å². The number of carbonyl (C=O) groups is 1. The molecule has 4 heteroatoms. The van der Waals surface area contributed by atoms with Crippen LogP contribution < -0.4 is 0 Å². The lowest BCUT2D eigenvalue weighted by molar-refractivity contribution is 0.0766. The summed E-state index contributed by atoms with van der Waals surface area (Å²) in [7, 11) is 1.66. The summed E-state index contributed by atoms with van der Waals surface area (Å²) in [6.45, 7) is 2.16. The topological polar surface area (TPSA) is 53.4 Å². The maximum atomic E-state index is 11.7. The fourth-order valence-electron chi connectivity index (χ4n) is 1.15. The van der Waals surface area contributed by atoms with Crippen LogP contribution in [0.3, 0.4) is 0 Å². The SMILES string of the molecule is Cc1cc(C(=O)N(C)CCO)ccn1. The van der Waals surface area contributed by atoms with Crippen LogP contribution >= 0.6 is 0 Å². The van der Waals surface area contributed by atoms with E-state index in [9.17, 15) is 4.79 Å². The van der Waals surface area contributed by atoms with Gasteiger partial charge in [0, 0.05) is 31.0 Å². The molecule has 0 aromatic carbocycles. The Hall–Kier alpha value is -1.42. The number of rotatable bonds is 3. The number of pyridine rings is 1. The Kier molecular flexibility index (Phi) is 3.59. The Labute approximate surface area is 83.2 Å². The van der Waals surface area contributed by atoms with Crippen LogP contribution in [0, 0.1) is 6.92 Å². The maximum absolute atomic E-state index is 11.7. The van der Waals surface area contributed by atoms with Gasteiger partial charge in [0.15, 0.2) is 0 Å². The number of amides is 1. The summed E-state index contributed by atoms with van der Waals surface area (Å²) in [5, 5.41) is 8.68. The van der Waals surface area contributed by atoms with Gasteiger partial charge in [0.1, 0.15) is 0 Å². The molecule has 4 nitrogen and oxygen atoms in total. The van der Waals surface area contributed by atoms with Gasteiger partial charge in [-0.15, -0.1) is 0 Å². The molecule has 14 heavy (non-hydrogen) atoms. The number of hydrogen-bond acceptors (Lipinski definition) is 3. The highest BCUT2D eigenvalue weighted by atomic mass is 16.3. The van der Waals surface area contributed by atoms with Crippen LogP contribution in [0.2, 0.25) is 0 Å². The number of aromatic nitrogens is 1. The molecule has 1 heterocycles. The van der Waals surface area contributed by atoms with Gasteiger partial charge >= 0.3 is 0 Å². The van der Waals surface area contributed by atoms with E-state index < -0.39 is 0 Å². The zero-order valence-corrected chi connectivity index (χ0v) is 8.40. The van der Waals surface area contributed by atoms with Crippen molar-refractivity contribution in [2.45, 2.75) is 6.92 Å². The molecule has 0 fully saturated rings. The van der Waals surface area contributed by atoms with Crippen LogP contribution in [0.1, 0.15) is 16.1 Å². The summed E-state index contributed by atoms with van der Waals surface area (Å²) in [4.78, 5) is 17.2. The van der Waals surface area contributed by atoms with Crippen molar-refractivity contribution in [3.8, 4) is 0 Å².